The Balaban J connectivity index is 1.76. The smallest absolute Gasteiger partial charge is 0.133 e. The molecule has 5 heteroatoms. The van der Waals surface area contributed by atoms with Crippen LogP contribution in [0.25, 0.3) is 0 Å². The Bertz CT molecular complexity index is 573. The molecule has 0 bridgehead atoms. The molecule has 0 saturated heterocycles. The van der Waals surface area contributed by atoms with Crippen molar-refractivity contribution in [2.24, 2.45) is 0 Å². The summed E-state index contributed by atoms with van der Waals surface area (Å²) < 4.78 is 13.3. The van der Waals surface area contributed by atoms with Crippen LogP contribution in [0.1, 0.15) is 5.56 Å². The molecule has 0 radical (unpaired) electrons. The number of hydrogen-bond donors (Lipinski definition) is 1. The first kappa shape index (κ1) is 16.3. The average Bonchev–Trinajstić information content (AvgIpc) is 2.47. The molecular formula is C16H17Br2NO2. The van der Waals surface area contributed by atoms with Crippen LogP contribution in [0.2, 0.25) is 0 Å². The fourth-order valence-electron chi connectivity index (χ4n) is 1.81. The fourth-order valence-corrected chi connectivity index (χ4v) is 2.97. The van der Waals surface area contributed by atoms with Crippen molar-refractivity contribution in [1.29, 1.82) is 0 Å². The maximum atomic E-state index is 5.67. The fraction of sp³-hybridized carbons (Fsp3) is 0.250. The van der Waals surface area contributed by atoms with E-state index in [-0.39, 0.29) is 0 Å². The number of halogens is 2. The van der Waals surface area contributed by atoms with Crippen molar-refractivity contribution in [3.8, 4) is 11.5 Å². The van der Waals surface area contributed by atoms with Crippen molar-refractivity contribution >= 4 is 31.9 Å². The molecule has 0 aliphatic heterocycles. The van der Waals surface area contributed by atoms with Gasteiger partial charge in [0.1, 0.15) is 24.7 Å². The molecule has 0 aliphatic carbocycles. The van der Waals surface area contributed by atoms with E-state index in [1.54, 1.807) is 0 Å². The minimum absolute atomic E-state index is 0.499. The van der Waals surface area contributed by atoms with Crippen molar-refractivity contribution in [3.05, 3.63) is 57.0 Å². The number of nitrogens with one attached hydrogen (secondary N) is 1. The summed E-state index contributed by atoms with van der Waals surface area (Å²) in [5.41, 5.74) is 1.24. The van der Waals surface area contributed by atoms with E-state index in [4.69, 9.17) is 9.47 Å². The summed E-state index contributed by atoms with van der Waals surface area (Å²) in [4.78, 5) is 0. The molecule has 0 saturated carbocycles. The van der Waals surface area contributed by atoms with Gasteiger partial charge in [-0.25, -0.2) is 0 Å². The van der Waals surface area contributed by atoms with E-state index in [0.717, 1.165) is 27.0 Å². The first-order chi connectivity index (χ1) is 10.2. The van der Waals surface area contributed by atoms with Crippen LogP contribution in [0, 0.1) is 0 Å². The Morgan fingerprint density at radius 3 is 2.33 bits per heavy atom. The summed E-state index contributed by atoms with van der Waals surface area (Å²) in [6.45, 7) is 1.87. The Hall–Kier alpha value is -1.04. The monoisotopic (exact) mass is 413 g/mol. The third-order valence-corrected chi connectivity index (χ3v) is 3.92. The van der Waals surface area contributed by atoms with Crippen molar-refractivity contribution in [2.45, 2.75) is 6.54 Å². The molecule has 0 heterocycles. The van der Waals surface area contributed by atoms with Gasteiger partial charge in [0.05, 0.1) is 4.47 Å². The van der Waals surface area contributed by atoms with Crippen molar-refractivity contribution in [1.82, 2.24) is 5.32 Å². The summed E-state index contributed by atoms with van der Waals surface area (Å²) in [6.07, 6.45) is 0. The zero-order valence-electron chi connectivity index (χ0n) is 11.7. The maximum Gasteiger partial charge on any atom is 0.133 e. The summed E-state index contributed by atoms with van der Waals surface area (Å²) in [5, 5.41) is 3.11. The van der Waals surface area contributed by atoms with E-state index >= 15 is 0 Å². The van der Waals surface area contributed by atoms with Gasteiger partial charge in [0.15, 0.2) is 0 Å². The minimum Gasteiger partial charge on any atom is -0.490 e. The lowest BCUT2D eigenvalue weighted by atomic mass is 10.2. The van der Waals surface area contributed by atoms with Crippen LogP contribution in [-0.2, 0) is 6.54 Å². The zero-order chi connectivity index (χ0) is 15.1. The summed E-state index contributed by atoms with van der Waals surface area (Å²) >= 11 is 6.88. The molecule has 0 amide bonds. The molecule has 2 aromatic carbocycles. The van der Waals surface area contributed by atoms with Crippen molar-refractivity contribution < 1.29 is 9.47 Å². The molecule has 0 spiro atoms. The van der Waals surface area contributed by atoms with E-state index in [9.17, 15) is 0 Å². The molecule has 112 valence electrons. The van der Waals surface area contributed by atoms with Crippen LogP contribution in [0.15, 0.2) is 51.4 Å². The summed E-state index contributed by atoms with van der Waals surface area (Å²) in [5.74, 6) is 1.67. The van der Waals surface area contributed by atoms with Gasteiger partial charge in [-0.3, -0.25) is 0 Å². The first-order valence-corrected chi connectivity index (χ1v) is 8.22. The van der Waals surface area contributed by atoms with E-state index in [1.807, 2.05) is 37.4 Å². The number of ether oxygens (including phenoxy) is 2. The van der Waals surface area contributed by atoms with Gasteiger partial charge in [-0.15, -0.1) is 0 Å². The van der Waals surface area contributed by atoms with Gasteiger partial charge in [-0.1, -0.05) is 28.1 Å². The SMILES string of the molecule is CNCc1ccc(OCCOc2ccc(Br)cc2Br)cc1. The molecule has 3 nitrogen and oxygen atoms in total. The van der Waals surface area contributed by atoms with E-state index < -0.39 is 0 Å². The molecule has 21 heavy (non-hydrogen) atoms. The molecule has 0 unspecified atom stereocenters. The number of rotatable bonds is 7. The Kier molecular flexibility index (Phi) is 6.54. The molecular weight excluding hydrogens is 398 g/mol. The predicted octanol–water partition coefficient (Wildman–Crippen LogP) is 4.39. The highest BCUT2D eigenvalue weighted by Crippen LogP contribution is 2.28. The lowest BCUT2D eigenvalue weighted by molar-refractivity contribution is 0.216. The Morgan fingerprint density at radius 2 is 1.67 bits per heavy atom. The third kappa shape index (κ3) is 5.34. The van der Waals surface area contributed by atoms with Gasteiger partial charge in [-0.05, 0) is 58.9 Å². The standard InChI is InChI=1S/C16H17Br2NO2/c1-19-11-12-2-5-14(6-3-12)20-8-9-21-16-7-4-13(17)10-15(16)18/h2-7,10,19H,8-9,11H2,1H3. The quantitative estimate of drug-likeness (QED) is 0.681. The molecule has 2 rings (SSSR count). The highest BCUT2D eigenvalue weighted by molar-refractivity contribution is 9.11. The molecule has 0 aliphatic rings. The van der Waals surface area contributed by atoms with Crippen LogP contribution in [-0.4, -0.2) is 20.3 Å². The van der Waals surface area contributed by atoms with Gasteiger partial charge >= 0.3 is 0 Å². The summed E-state index contributed by atoms with van der Waals surface area (Å²) in [7, 11) is 1.93. The molecule has 0 fully saturated rings. The van der Waals surface area contributed by atoms with Crippen molar-refractivity contribution in [2.75, 3.05) is 20.3 Å². The predicted molar refractivity (Wildman–Crippen MR) is 92.0 cm³/mol. The highest BCUT2D eigenvalue weighted by atomic mass is 79.9. The Labute approximate surface area is 141 Å². The van der Waals surface area contributed by atoms with Crippen molar-refractivity contribution in [3.63, 3.8) is 0 Å². The molecule has 0 aromatic heterocycles. The normalized spacial score (nSPS) is 10.4. The van der Waals surface area contributed by atoms with Crippen LogP contribution in [0.3, 0.4) is 0 Å². The third-order valence-electron chi connectivity index (χ3n) is 2.81. The second-order valence-electron chi connectivity index (χ2n) is 4.45. The molecule has 2 aromatic rings. The lowest BCUT2D eigenvalue weighted by Crippen LogP contribution is -2.09. The van der Waals surface area contributed by atoms with Gasteiger partial charge in [-0.2, -0.15) is 0 Å². The number of hydrogen-bond acceptors (Lipinski definition) is 3. The molecule has 1 N–H and O–H groups in total. The summed E-state index contributed by atoms with van der Waals surface area (Å²) in [6, 6.07) is 13.9. The lowest BCUT2D eigenvalue weighted by Gasteiger charge is -2.10. The minimum atomic E-state index is 0.499. The number of benzene rings is 2. The van der Waals surface area contributed by atoms with Gasteiger partial charge in [0.2, 0.25) is 0 Å². The van der Waals surface area contributed by atoms with Crippen LogP contribution < -0.4 is 14.8 Å². The van der Waals surface area contributed by atoms with Crippen LogP contribution >= 0.6 is 31.9 Å². The van der Waals surface area contributed by atoms with Crippen LogP contribution in [0.4, 0.5) is 0 Å². The zero-order valence-corrected chi connectivity index (χ0v) is 14.9. The van der Waals surface area contributed by atoms with Gasteiger partial charge < -0.3 is 14.8 Å². The van der Waals surface area contributed by atoms with E-state index in [1.165, 1.54) is 5.56 Å². The van der Waals surface area contributed by atoms with Gasteiger partial charge in [0, 0.05) is 11.0 Å². The van der Waals surface area contributed by atoms with E-state index in [0.29, 0.717) is 13.2 Å². The highest BCUT2D eigenvalue weighted by Gasteiger charge is 2.02. The Morgan fingerprint density at radius 1 is 0.952 bits per heavy atom. The van der Waals surface area contributed by atoms with Crippen LogP contribution in [0.5, 0.6) is 11.5 Å². The largest absolute Gasteiger partial charge is 0.490 e. The van der Waals surface area contributed by atoms with E-state index in [2.05, 4.69) is 49.3 Å². The van der Waals surface area contributed by atoms with Gasteiger partial charge in [0.25, 0.3) is 0 Å². The topological polar surface area (TPSA) is 30.5 Å². The second kappa shape index (κ2) is 8.41. The average molecular weight is 415 g/mol. The molecule has 0 atom stereocenters. The maximum absolute atomic E-state index is 5.67. The second-order valence-corrected chi connectivity index (χ2v) is 6.22. The first-order valence-electron chi connectivity index (χ1n) is 6.63.